The molecule has 1 saturated heterocycles. The van der Waals surface area contributed by atoms with E-state index in [1.54, 1.807) is 13.3 Å². The van der Waals surface area contributed by atoms with Gasteiger partial charge in [0.15, 0.2) is 0 Å². The van der Waals surface area contributed by atoms with E-state index in [9.17, 15) is 0 Å². The van der Waals surface area contributed by atoms with Gasteiger partial charge in [-0.25, -0.2) is 4.98 Å². The molecule has 0 atom stereocenters. The molecular formula is C14H22ClN3O. The SMILES string of the molecule is COCCNCC1CCN(c2ccc(Cl)cn2)CC1. The average molecular weight is 284 g/mol. The lowest BCUT2D eigenvalue weighted by Gasteiger charge is -2.32. The number of pyridine rings is 1. The average Bonchev–Trinajstić information content (AvgIpc) is 2.45. The maximum Gasteiger partial charge on any atom is 0.128 e. The molecule has 0 spiro atoms. The van der Waals surface area contributed by atoms with E-state index in [1.807, 2.05) is 12.1 Å². The van der Waals surface area contributed by atoms with E-state index in [1.165, 1.54) is 12.8 Å². The first-order chi connectivity index (χ1) is 9.29. The molecule has 1 aliphatic rings. The number of ether oxygens (including phenoxy) is 1. The maximum atomic E-state index is 5.86. The van der Waals surface area contributed by atoms with Gasteiger partial charge < -0.3 is 15.0 Å². The molecule has 4 nitrogen and oxygen atoms in total. The van der Waals surface area contributed by atoms with E-state index in [0.29, 0.717) is 5.02 Å². The number of halogens is 1. The highest BCUT2D eigenvalue weighted by molar-refractivity contribution is 6.30. The van der Waals surface area contributed by atoms with Crippen LogP contribution in [-0.4, -0.2) is 44.9 Å². The molecule has 19 heavy (non-hydrogen) atoms. The predicted octanol–water partition coefficient (Wildman–Crippen LogP) is 2.19. The molecule has 0 radical (unpaired) electrons. The van der Waals surface area contributed by atoms with Crippen molar-refractivity contribution in [1.82, 2.24) is 10.3 Å². The van der Waals surface area contributed by atoms with Crippen molar-refractivity contribution in [3.8, 4) is 0 Å². The summed E-state index contributed by atoms with van der Waals surface area (Å²) >= 11 is 5.86. The number of piperidine rings is 1. The second kappa shape index (κ2) is 7.68. The van der Waals surface area contributed by atoms with Gasteiger partial charge in [-0.15, -0.1) is 0 Å². The molecule has 2 heterocycles. The Morgan fingerprint density at radius 2 is 2.21 bits per heavy atom. The van der Waals surface area contributed by atoms with Crippen LogP contribution in [0.5, 0.6) is 0 Å². The zero-order chi connectivity index (χ0) is 13.5. The summed E-state index contributed by atoms with van der Waals surface area (Å²) in [6, 6.07) is 3.90. The lowest BCUT2D eigenvalue weighted by Crippen LogP contribution is -2.38. The van der Waals surface area contributed by atoms with Gasteiger partial charge in [-0.3, -0.25) is 0 Å². The van der Waals surface area contributed by atoms with E-state index in [2.05, 4.69) is 15.2 Å². The molecule has 1 aromatic rings. The summed E-state index contributed by atoms with van der Waals surface area (Å²) in [7, 11) is 1.74. The van der Waals surface area contributed by atoms with E-state index in [-0.39, 0.29) is 0 Å². The third-order valence-electron chi connectivity index (χ3n) is 3.57. The molecule has 0 aromatic carbocycles. The molecule has 1 aliphatic heterocycles. The van der Waals surface area contributed by atoms with Crippen molar-refractivity contribution in [2.45, 2.75) is 12.8 Å². The fraction of sp³-hybridized carbons (Fsp3) is 0.643. The van der Waals surface area contributed by atoms with Crippen LogP contribution >= 0.6 is 11.6 Å². The summed E-state index contributed by atoms with van der Waals surface area (Å²) in [6.07, 6.45) is 4.14. The molecule has 1 fully saturated rings. The minimum Gasteiger partial charge on any atom is -0.383 e. The van der Waals surface area contributed by atoms with Crippen LogP contribution < -0.4 is 10.2 Å². The first-order valence-corrected chi connectivity index (χ1v) is 7.23. The molecule has 5 heteroatoms. The van der Waals surface area contributed by atoms with Crippen LogP contribution in [0.15, 0.2) is 18.3 Å². The molecule has 0 amide bonds. The quantitative estimate of drug-likeness (QED) is 0.812. The van der Waals surface area contributed by atoms with Gasteiger partial charge in [-0.05, 0) is 37.4 Å². The molecule has 1 aromatic heterocycles. The summed E-state index contributed by atoms with van der Waals surface area (Å²) in [6.45, 7) is 4.96. The third kappa shape index (κ3) is 4.64. The van der Waals surface area contributed by atoms with Crippen LogP contribution in [0.3, 0.4) is 0 Å². The number of aromatic nitrogens is 1. The van der Waals surface area contributed by atoms with Gasteiger partial charge >= 0.3 is 0 Å². The number of nitrogens with zero attached hydrogens (tertiary/aromatic N) is 2. The second-order valence-electron chi connectivity index (χ2n) is 4.96. The second-order valence-corrected chi connectivity index (χ2v) is 5.40. The fourth-order valence-electron chi connectivity index (χ4n) is 2.40. The van der Waals surface area contributed by atoms with Gasteiger partial charge in [-0.1, -0.05) is 11.6 Å². The van der Waals surface area contributed by atoms with Gasteiger partial charge in [0.2, 0.25) is 0 Å². The summed E-state index contributed by atoms with van der Waals surface area (Å²) < 4.78 is 5.03. The Morgan fingerprint density at radius 3 is 2.84 bits per heavy atom. The molecule has 0 saturated carbocycles. The Hall–Kier alpha value is -0.840. The van der Waals surface area contributed by atoms with Crippen LogP contribution in [0, 0.1) is 5.92 Å². The molecule has 0 unspecified atom stereocenters. The van der Waals surface area contributed by atoms with Gasteiger partial charge in [0, 0.05) is 32.9 Å². The number of methoxy groups -OCH3 is 1. The lowest BCUT2D eigenvalue weighted by molar-refractivity contribution is 0.197. The zero-order valence-electron chi connectivity index (χ0n) is 11.4. The Balaban J connectivity index is 1.71. The van der Waals surface area contributed by atoms with Crippen LogP contribution in [0.4, 0.5) is 5.82 Å². The molecule has 1 N–H and O–H groups in total. The number of hydrogen-bond acceptors (Lipinski definition) is 4. The van der Waals surface area contributed by atoms with E-state index in [0.717, 1.165) is 44.5 Å². The van der Waals surface area contributed by atoms with Crippen LogP contribution in [0.25, 0.3) is 0 Å². The molecule has 0 bridgehead atoms. The standard InChI is InChI=1S/C14H22ClN3O/c1-19-9-6-16-10-12-4-7-18(8-5-12)14-3-2-13(15)11-17-14/h2-3,11-12,16H,4-10H2,1H3. The highest BCUT2D eigenvalue weighted by Crippen LogP contribution is 2.22. The van der Waals surface area contributed by atoms with Crippen molar-refractivity contribution >= 4 is 17.4 Å². The van der Waals surface area contributed by atoms with Crippen molar-refractivity contribution in [2.24, 2.45) is 5.92 Å². The van der Waals surface area contributed by atoms with Gasteiger partial charge in [0.05, 0.1) is 11.6 Å². The molecular weight excluding hydrogens is 262 g/mol. The number of anilines is 1. The normalized spacial score (nSPS) is 16.8. The molecule has 0 aliphatic carbocycles. The molecule has 106 valence electrons. The Morgan fingerprint density at radius 1 is 1.42 bits per heavy atom. The minimum atomic E-state index is 0.695. The monoisotopic (exact) mass is 283 g/mol. The summed E-state index contributed by atoms with van der Waals surface area (Å²) in [5.41, 5.74) is 0. The number of nitrogens with one attached hydrogen (secondary N) is 1. The van der Waals surface area contributed by atoms with Crippen LogP contribution in [0.1, 0.15) is 12.8 Å². The summed E-state index contributed by atoms with van der Waals surface area (Å²) in [5, 5.41) is 4.14. The summed E-state index contributed by atoms with van der Waals surface area (Å²) in [4.78, 5) is 6.71. The zero-order valence-corrected chi connectivity index (χ0v) is 12.2. The fourth-order valence-corrected chi connectivity index (χ4v) is 2.51. The first-order valence-electron chi connectivity index (χ1n) is 6.85. The van der Waals surface area contributed by atoms with Crippen molar-refractivity contribution in [3.63, 3.8) is 0 Å². The number of rotatable bonds is 6. The highest BCUT2D eigenvalue weighted by atomic mass is 35.5. The maximum absolute atomic E-state index is 5.86. The Bertz CT molecular complexity index is 363. The first kappa shape index (κ1) is 14.6. The predicted molar refractivity (Wildman–Crippen MR) is 78.9 cm³/mol. The van der Waals surface area contributed by atoms with Crippen molar-refractivity contribution in [3.05, 3.63) is 23.4 Å². The minimum absolute atomic E-state index is 0.695. The van der Waals surface area contributed by atoms with E-state index < -0.39 is 0 Å². The van der Waals surface area contributed by atoms with Gasteiger partial charge in [0.25, 0.3) is 0 Å². The smallest absolute Gasteiger partial charge is 0.128 e. The Labute approximate surface area is 120 Å². The Kier molecular flexibility index (Phi) is 5.89. The van der Waals surface area contributed by atoms with Gasteiger partial charge in [0.1, 0.15) is 5.82 Å². The lowest BCUT2D eigenvalue weighted by atomic mass is 9.97. The van der Waals surface area contributed by atoms with Crippen molar-refractivity contribution < 1.29 is 4.74 Å². The van der Waals surface area contributed by atoms with Gasteiger partial charge in [-0.2, -0.15) is 0 Å². The summed E-state index contributed by atoms with van der Waals surface area (Å²) in [5.74, 6) is 1.80. The number of hydrogen-bond donors (Lipinski definition) is 1. The van der Waals surface area contributed by atoms with Crippen LogP contribution in [0.2, 0.25) is 5.02 Å². The third-order valence-corrected chi connectivity index (χ3v) is 3.79. The highest BCUT2D eigenvalue weighted by Gasteiger charge is 2.19. The topological polar surface area (TPSA) is 37.4 Å². The van der Waals surface area contributed by atoms with E-state index in [4.69, 9.17) is 16.3 Å². The van der Waals surface area contributed by atoms with Crippen LogP contribution in [-0.2, 0) is 4.74 Å². The molecule has 2 rings (SSSR count). The van der Waals surface area contributed by atoms with Crippen molar-refractivity contribution in [1.29, 1.82) is 0 Å². The van der Waals surface area contributed by atoms with Crippen molar-refractivity contribution in [2.75, 3.05) is 44.8 Å². The van der Waals surface area contributed by atoms with E-state index >= 15 is 0 Å². The largest absolute Gasteiger partial charge is 0.383 e.